The zero-order valence-electron chi connectivity index (χ0n) is 12.1. The second kappa shape index (κ2) is 5.61. The molecule has 1 aliphatic carbocycles. The second-order valence-electron chi connectivity index (χ2n) is 5.68. The Hall–Kier alpha value is -1.66. The van der Waals surface area contributed by atoms with Crippen LogP contribution in [0, 0.1) is 6.92 Å². The lowest BCUT2D eigenvalue weighted by Gasteiger charge is -2.29. The minimum absolute atomic E-state index is 0.0400. The summed E-state index contributed by atoms with van der Waals surface area (Å²) in [6.07, 6.45) is 5.90. The third-order valence-electron chi connectivity index (χ3n) is 4.18. The van der Waals surface area contributed by atoms with Gasteiger partial charge in [-0.15, -0.1) is 11.3 Å². The number of fused-ring (bicyclic) bond motifs is 1. The summed E-state index contributed by atoms with van der Waals surface area (Å²) in [5.74, 6) is -0.128. The maximum Gasteiger partial charge on any atom is 0.263 e. The molecule has 1 saturated carbocycles. The summed E-state index contributed by atoms with van der Waals surface area (Å²) in [7, 11) is 0. The molecule has 1 fully saturated rings. The highest BCUT2D eigenvalue weighted by Gasteiger charge is 2.26. The second-order valence-corrected chi connectivity index (χ2v) is 6.68. The number of nitrogen functional groups attached to an aromatic ring is 1. The van der Waals surface area contributed by atoms with Crippen molar-refractivity contribution in [3.05, 3.63) is 22.7 Å². The Morgan fingerprint density at radius 3 is 2.90 bits per heavy atom. The fourth-order valence-corrected chi connectivity index (χ4v) is 3.99. The molecule has 21 heavy (non-hydrogen) atoms. The topological polar surface area (TPSA) is 94.0 Å². The summed E-state index contributed by atoms with van der Waals surface area (Å²) in [5, 5.41) is 3.93. The Labute approximate surface area is 127 Å². The largest absolute Gasteiger partial charge is 0.397 e. The maximum absolute atomic E-state index is 12.5. The molecular formula is C15H20N4OS. The Balaban J connectivity index is 1.88. The SMILES string of the molecule is Cc1ccnc2sc(C(=O)NC3CCCCC3N)c(N)c12. The van der Waals surface area contributed by atoms with Gasteiger partial charge in [0, 0.05) is 23.7 Å². The molecule has 2 atom stereocenters. The number of pyridine rings is 1. The summed E-state index contributed by atoms with van der Waals surface area (Å²) < 4.78 is 0. The van der Waals surface area contributed by atoms with Crippen LogP contribution >= 0.6 is 11.3 Å². The first-order valence-corrected chi connectivity index (χ1v) is 8.09. The highest BCUT2D eigenvalue weighted by Crippen LogP contribution is 2.34. The number of anilines is 1. The maximum atomic E-state index is 12.5. The van der Waals surface area contributed by atoms with Gasteiger partial charge in [0.2, 0.25) is 0 Å². The predicted octanol–water partition coefficient (Wildman–Crippen LogP) is 2.19. The zero-order valence-corrected chi connectivity index (χ0v) is 12.9. The smallest absolute Gasteiger partial charge is 0.263 e. The standard InChI is InChI=1S/C15H20N4OS/c1-8-6-7-18-15-11(8)12(17)13(21-15)14(20)19-10-5-3-2-4-9(10)16/h6-7,9-10H,2-5,16-17H2,1H3,(H,19,20). The van der Waals surface area contributed by atoms with Crippen molar-refractivity contribution in [2.75, 3.05) is 5.73 Å². The molecule has 2 aromatic rings. The summed E-state index contributed by atoms with van der Waals surface area (Å²) in [4.78, 5) is 18.2. The van der Waals surface area contributed by atoms with Gasteiger partial charge in [-0.05, 0) is 31.4 Å². The molecule has 112 valence electrons. The van der Waals surface area contributed by atoms with Crippen LogP contribution in [0.3, 0.4) is 0 Å². The van der Waals surface area contributed by atoms with Gasteiger partial charge < -0.3 is 16.8 Å². The Kier molecular flexibility index (Phi) is 3.82. The van der Waals surface area contributed by atoms with E-state index in [1.165, 1.54) is 11.3 Å². The van der Waals surface area contributed by atoms with Crippen molar-refractivity contribution in [3.8, 4) is 0 Å². The molecule has 2 heterocycles. The molecule has 0 aliphatic heterocycles. The number of carbonyl (C=O) groups is 1. The number of carbonyl (C=O) groups excluding carboxylic acids is 1. The van der Waals surface area contributed by atoms with E-state index in [1.807, 2.05) is 13.0 Å². The van der Waals surface area contributed by atoms with Gasteiger partial charge in [-0.25, -0.2) is 4.98 Å². The van der Waals surface area contributed by atoms with Crippen LogP contribution in [0.25, 0.3) is 10.2 Å². The highest BCUT2D eigenvalue weighted by molar-refractivity contribution is 7.21. The zero-order chi connectivity index (χ0) is 15.0. The molecule has 3 rings (SSSR count). The number of hydrogen-bond donors (Lipinski definition) is 3. The molecule has 0 bridgehead atoms. The molecule has 1 amide bonds. The van der Waals surface area contributed by atoms with Crippen molar-refractivity contribution in [3.63, 3.8) is 0 Å². The van der Waals surface area contributed by atoms with Crippen molar-refractivity contribution in [1.82, 2.24) is 10.3 Å². The van der Waals surface area contributed by atoms with E-state index in [2.05, 4.69) is 10.3 Å². The van der Waals surface area contributed by atoms with Crippen LogP contribution in [-0.2, 0) is 0 Å². The van der Waals surface area contributed by atoms with Crippen LogP contribution in [0.15, 0.2) is 12.3 Å². The van der Waals surface area contributed by atoms with E-state index in [0.717, 1.165) is 41.5 Å². The Morgan fingerprint density at radius 1 is 1.43 bits per heavy atom. The van der Waals surface area contributed by atoms with Crippen LogP contribution < -0.4 is 16.8 Å². The van der Waals surface area contributed by atoms with Gasteiger partial charge in [0.05, 0.1) is 5.69 Å². The van der Waals surface area contributed by atoms with Crippen LogP contribution in [0.1, 0.15) is 40.9 Å². The number of nitrogens with two attached hydrogens (primary N) is 2. The van der Waals surface area contributed by atoms with Gasteiger partial charge in [0.1, 0.15) is 9.71 Å². The first kappa shape index (κ1) is 14.3. The molecule has 6 heteroatoms. The fourth-order valence-electron chi connectivity index (χ4n) is 2.94. The Bertz CT molecular complexity index is 682. The lowest BCUT2D eigenvalue weighted by Crippen LogP contribution is -2.49. The summed E-state index contributed by atoms with van der Waals surface area (Å²) >= 11 is 1.35. The molecule has 2 unspecified atom stereocenters. The summed E-state index contributed by atoms with van der Waals surface area (Å²) in [5.41, 5.74) is 13.8. The van der Waals surface area contributed by atoms with E-state index in [1.54, 1.807) is 6.20 Å². The number of aromatic nitrogens is 1. The number of nitrogens with one attached hydrogen (secondary N) is 1. The van der Waals surface area contributed by atoms with E-state index in [-0.39, 0.29) is 18.0 Å². The number of nitrogens with zero attached hydrogens (tertiary/aromatic N) is 1. The van der Waals surface area contributed by atoms with Gasteiger partial charge >= 0.3 is 0 Å². The molecule has 2 aromatic heterocycles. The monoisotopic (exact) mass is 304 g/mol. The first-order chi connectivity index (χ1) is 10.1. The van der Waals surface area contributed by atoms with Crippen LogP contribution in [-0.4, -0.2) is 23.0 Å². The molecule has 5 nitrogen and oxygen atoms in total. The van der Waals surface area contributed by atoms with Crippen molar-refractivity contribution in [1.29, 1.82) is 0 Å². The van der Waals surface area contributed by atoms with E-state index >= 15 is 0 Å². The lowest BCUT2D eigenvalue weighted by atomic mass is 9.91. The third-order valence-corrected chi connectivity index (χ3v) is 5.29. The fraction of sp³-hybridized carbons (Fsp3) is 0.467. The average molecular weight is 304 g/mol. The van der Waals surface area contributed by atoms with Gasteiger partial charge in [0.25, 0.3) is 5.91 Å². The Morgan fingerprint density at radius 2 is 2.19 bits per heavy atom. The van der Waals surface area contributed by atoms with E-state index in [4.69, 9.17) is 11.5 Å². The predicted molar refractivity (Wildman–Crippen MR) is 86.5 cm³/mol. The molecule has 0 saturated heterocycles. The average Bonchev–Trinajstić information content (AvgIpc) is 2.80. The number of amides is 1. The van der Waals surface area contributed by atoms with Crippen molar-refractivity contribution < 1.29 is 4.79 Å². The van der Waals surface area contributed by atoms with Gasteiger partial charge in [-0.1, -0.05) is 12.8 Å². The molecule has 0 spiro atoms. The number of thiophene rings is 1. The van der Waals surface area contributed by atoms with Crippen LogP contribution in [0.2, 0.25) is 0 Å². The molecule has 0 aromatic carbocycles. The molecule has 5 N–H and O–H groups in total. The number of aryl methyl sites for hydroxylation is 1. The van der Waals surface area contributed by atoms with Crippen LogP contribution in [0.5, 0.6) is 0 Å². The third kappa shape index (κ3) is 2.61. The number of rotatable bonds is 2. The minimum atomic E-state index is -0.128. The van der Waals surface area contributed by atoms with Crippen molar-refractivity contribution >= 4 is 33.1 Å². The van der Waals surface area contributed by atoms with Gasteiger partial charge in [0.15, 0.2) is 0 Å². The first-order valence-electron chi connectivity index (χ1n) is 7.28. The van der Waals surface area contributed by atoms with Crippen LogP contribution in [0.4, 0.5) is 5.69 Å². The quantitative estimate of drug-likeness (QED) is 0.792. The minimum Gasteiger partial charge on any atom is -0.397 e. The van der Waals surface area contributed by atoms with E-state index in [0.29, 0.717) is 10.6 Å². The normalized spacial score (nSPS) is 22.4. The van der Waals surface area contributed by atoms with E-state index < -0.39 is 0 Å². The highest BCUT2D eigenvalue weighted by atomic mass is 32.1. The number of hydrogen-bond acceptors (Lipinski definition) is 5. The molecular weight excluding hydrogens is 284 g/mol. The van der Waals surface area contributed by atoms with Crippen molar-refractivity contribution in [2.45, 2.75) is 44.7 Å². The lowest BCUT2D eigenvalue weighted by molar-refractivity contribution is 0.0926. The van der Waals surface area contributed by atoms with Gasteiger partial charge in [-0.3, -0.25) is 4.79 Å². The molecule has 0 radical (unpaired) electrons. The van der Waals surface area contributed by atoms with E-state index in [9.17, 15) is 4.79 Å². The molecule has 1 aliphatic rings. The summed E-state index contributed by atoms with van der Waals surface area (Å²) in [6.45, 7) is 1.98. The van der Waals surface area contributed by atoms with Gasteiger partial charge in [-0.2, -0.15) is 0 Å². The summed E-state index contributed by atoms with van der Waals surface area (Å²) in [6, 6.07) is 1.99. The van der Waals surface area contributed by atoms with Crippen molar-refractivity contribution in [2.24, 2.45) is 5.73 Å².